The van der Waals surface area contributed by atoms with Crippen molar-refractivity contribution in [1.82, 2.24) is 24.4 Å². The van der Waals surface area contributed by atoms with Crippen LogP contribution in [-0.2, 0) is 6.54 Å². The number of halogens is 1. The zero-order valence-electron chi connectivity index (χ0n) is 10.9. The second kappa shape index (κ2) is 5.07. The summed E-state index contributed by atoms with van der Waals surface area (Å²) in [4.78, 5) is 8.82. The Morgan fingerprint density at radius 2 is 2.05 bits per heavy atom. The fourth-order valence-electron chi connectivity index (χ4n) is 2.43. The first-order valence-corrected chi connectivity index (χ1v) is 7.12. The van der Waals surface area contributed by atoms with E-state index in [1.54, 1.807) is 0 Å². The molecule has 6 nitrogen and oxygen atoms in total. The highest BCUT2D eigenvalue weighted by atomic mass is 79.9. The van der Waals surface area contributed by atoms with Crippen molar-refractivity contribution in [3.8, 4) is 0 Å². The van der Waals surface area contributed by atoms with Gasteiger partial charge < -0.3 is 10.6 Å². The molecule has 0 spiro atoms. The van der Waals surface area contributed by atoms with E-state index in [0.717, 1.165) is 48.4 Å². The van der Waals surface area contributed by atoms with Crippen molar-refractivity contribution < 1.29 is 0 Å². The number of hydrogen-bond donors (Lipinski definition) is 1. The van der Waals surface area contributed by atoms with Crippen LogP contribution in [0.4, 0.5) is 5.82 Å². The minimum Gasteiger partial charge on any atom is -0.382 e. The molecule has 0 atom stereocenters. The lowest BCUT2D eigenvalue weighted by molar-refractivity contribution is 0.146. The largest absolute Gasteiger partial charge is 0.382 e. The Bertz CT molecular complexity index is 587. The molecule has 19 heavy (non-hydrogen) atoms. The monoisotopic (exact) mass is 324 g/mol. The van der Waals surface area contributed by atoms with Crippen molar-refractivity contribution in [1.29, 1.82) is 0 Å². The molecule has 0 unspecified atom stereocenters. The van der Waals surface area contributed by atoms with E-state index in [9.17, 15) is 0 Å². The Labute approximate surface area is 120 Å². The third-order valence-electron chi connectivity index (χ3n) is 3.59. The zero-order chi connectivity index (χ0) is 13.4. The molecule has 2 aromatic rings. The third kappa shape index (κ3) is 2.45. The fourth-order valence-corrected chi connectivity index (χ4v) is 3.07. The summed E-state index contributed by atoms with van der Waals surface area (Å²) in [6.07, 6.45) is 1.50. The van der Waals surface area contributed by atoms with Crippen LogP contribution in [0.3, 0.4) is 0 Å². The van der Waals surface area contributed by atoms with E-state index in [0.29, 0.717) is 5.82 Å². The summed E-state index contributed by atoms with van der Waals surface area (Å²) in [6, 6.07) is 2.08. The molecule has 0 radical (unpaired) electrons. The molecular weight excluding hydrogens is 308 g/mol. The molecule has 1 aliphatic heterocycles. The van der Waals surface area contributed by atoms with Gasteiger partial charge in [-0.05, 0) is 29.0 Å². The lowest BCUT2D eigenvalue weighted by Crippen LogP contribution is -2.44. The topological polar surface area (TPSA) is 62.7 Å². The second-order valence-electron chi connectivity index (χ2n) is 4.97. The van der Waals surface area contributed by atoms with Gasteiger partial charge in [0.15, 0.2) is 5.82 Å². The normalized spacial score (nSPS) is 18.2. The average Bonchev–Trinajstić information content (AvgIpc) is 2.70. The van der Waals surface area contributed by atoms with E-state index in [1.807, 2.05) is 4.52 Å². The molecule has 2 N–H and O–H groups in total. The molecule has 2 aromatic heterocycles. The number of likely N-dealkylation sites (N-methyl/N-ethyl adjacent to an activating group) is 1. The van der Waals surface area contributed by atoms with Gasteiger partial charge in [0.05, 0.1) is 5.69 Å². The molecule has 0 bridgehead atoms. The van der Waals surface area contributed by atoms with Crippen molar-refractivity contribution >= 4 is 27.3 Å². The Morgan fingerprint density at radius 1 is 1.32 bits per heavy atom. The molecule has 102 valence electrons. The molecule has 0 amide bonds. The van der Waals surface area contributed by atoms with Gasteiger partial charge in [-0.15, -0.1) is 0 Å². The van der Waals surface area contributed by atoms with Crippen molar-refractivity contribution in [3.05, 3.63) is 22.6 Å². The fraction of sp³-hybridized carbons (Fsp3) is 0.500. The molecule has 1 fully saturated rings. The minimum atomic E-state index is 0.506. The number of aromatic nitrogens is 3. The number of anilines is 1. The molecule has 3 heterocycles. The Kier molecular flexibility index (Phi) is 3.42. The van der Waals surface area contributed by atoms with Gasteiger partial charge in [-0.3, -0.25) is 4.90 Å². The molecule has 0 aliphatic carbocycles. The van der Waals surface area contributed by atoms with Gasteiger partial charge in [-0.25, -0.2) is 9.50 Å². The average molecular weight is 325 g/mol. The van der Waals surface area contributed by atoms with Crippen LogP contribution in [0, 0.1) is 0 Å². The lowest BCUT2D eigenvalue weighted by Gasteiger charge is -2.32. The SMILES string of the molecule is CN1CCN(Cc2cc(Br)c3c(N)ncnn23)CC1. The van der Waals surface area contributed by atoms with E-state index < -0.39 is 0 Å². The highest BCUT2D eigenvalue weighted by Crippen LogP contribution is 2.25. The lowest BCUT2D eigenvalue weighted by atomic mass is 10.3. The number of fused-ring (bicyclic) bond motifs is 1. The molecule has 1 aliphatic rings. The van der Waals surface area contributed by atoms with Crippen molar-refractivity contribution in [3.63, 3.8) is 0 Å². The summed E-state index contributed by atoms with van der Waals surface area (Å²) in [5.74, 6) is 0.506. The highest BCUT2D eigenvalue weighted by Gasteiger charge is 2.17. The zero-order valence-corrected chi connectivity index (χ0v) is 12.5. The Morgan fingerprint density at radius 3 is 2.79 bits per heavy atom. The van der Waals surface area contributed by atoms with Gasteiger partial charge in [0, 0.05) is 37.2 Å². The number of hydrogen-bond acceptors (Lipinski definition) is 5. The van der Waals surface area contributed by atoms with E-state index in [-0.39, 0.29) is 0 Å². The van der Waals surface area contributed by atoms with Crippen LogP contribution >= 0.6 is 15.9 Å². The summed E-state index contributed by atoms with van der Waals surface area (Å²) >= 11 is 3.54. The summed E-state index contributed by atoms with van der Waals surface area (Å²) < 4.78 is 2.83. The van der Waals surface area contributed by atoms with E-state index >= 15 is 0 Å². The highest BCUT2D eigenvalue weighted by molar-refractivity contribution is 9.10. The van der Waals surface area contributed by atoms with E-state index in [1.165, 1.54) is 6.33 Å². The van der Waals surface area contributed by atoms with E-state index in [2.05, 4.69) is 48.9 Å². The van der Waals surface area contributed by atoms with Crippen LogP contribution < -0.4 is 5.73 Å². The molecule has 3 rings (SSSR count). The molecular formula is C12H17BrN6. The number of nitrogens with zero attached hydrogens (tertiary/aromatic N) is 5. The maximum absolute atomic E-state index is 5.90. The van der Waals surface area contributed by atoms with Gasteiger partial charge in [0.1, 0.15) is 11.8 Å². The maximum Gasteiger partial charge on any atom is 0.152 e. The standard InChI is InChI=1S/C12H17BrN6/c1-17-2-4-18(5-3-17)7-9-6-10(13)11-12(14)15-8-16-19(9)11/h6,8H,2-5,7H2,1H3,(H2,14,15,16). The van der Waals surface area contributed by atoms with Crippen molar-refractivity contribution in [2.24, 2.45) is 0 Å². The van der Waals surface area contributed by atoms with Gasteiger partial charge in [0.2, 0.25) is 0 Å². The summed E-state index contributed by atoms with van der Waals surface area (Å²) in [5, 5.41) is 4.30. The predicted molar refractivity (Wildman–Crippen MR) is 77.9 cm³/mol. The van der Waals surface area contributed by atoms with Gasteiger partial charge in [0.25, 0.3) is 0 Å². The molecule has 0 aromatic carbocycles. The number of nitrogens with two attached hydrogens (primary N) is 1. The van der Waals surface area contributed by atoms with Crippen LogP contribution in [0.1, 0.15) is 5.69 Å². The molecule has 7 heteroatoms. The maximum atomic E-state index is 5.90. The van der Waals surface area contributed by atoms with Gasteiger partial charge >= 0.3 is 0 Å². The Hall–Kier alpha value is -1.18. The number of rotatable bonds is 2. The summed E-state index contributed by atoms with van der Waals surface area (Å²) in [7, 11) is 2.16. The van der Waals surface area contributed by atoms with Crippen LogP contribution in [0.15, 0.2) is 16.9 Å². The first-order valence-electron chi connectivity index (χ1n) is 6.32. The molecule has 1 saturated heterocycles. The number of piperazine rings is 1. The van der Waals surface area contributed by atoms with E-state index in [4.69, 9.17) is 5.73 Å². The van der Waals surface area contributed by atoms with Crippen LogP contribution in [0.2, 0.25) is 0 Å². The van der Waals surface area contributed by atoms with Crippen molar-refractivity contribution in [2.75, 3.05) is 39.0 Å². The predicted octanol–water partition coefficient (Wildman–Crippen LogP) is 0.821. The third-order valence-corrected chi connectivity index (χ3v) is 4.20. The second-order valence-corrected chi connectivity index (χ2v) is 5.82. The van der Waals surface area contributed by atoms with Gasteiger partial charge in [-0.2, -0.15) is 5.10 Å². The Balaban J connectivity index is 1.87. The smallest absolute Gasteiger partial charge is 0.152 e. The minimum absolute atomic E-state index is 0.506. The number of nitrogen functional groups attached to an aromatic ring is 1. The quantitative estimate of drug-likeness (QED) is 0.886. The van der Waals surface area contributed by atoms with Gasteiger partial charge in [-0.1, -0.05) is 0 Å². The van der Waals surface area contributed by atoms with Crippen LogP contribution in [0.25, 0.3) is 5.52 Å². The summed E-state index contributed by atoms with van der Waals surface area (Å²) in [6.45, 7) is 5.28. The summed E-state index contributed by atoms with van der Waals surface area (Å²) in [5.41, 5.74) is 7.89. The van der Waals surface area contributed by atoms with Crippen LogP contribution in [-0.4, -0.2) is 57.6 Å². The first kappa shape index (κ1) is 12.8. The first-order chi connectivity index (χ1) is 9.15. The van der Waals surface area contributed by atoms with Crippen molar-refractivity contribution in [2.45, 2.75) is 6.54 Å². The molecule has 0 saturated carbocycles. The van der Waals surface area contributed by atoms with Crippen LogP contribution in [0.5, 0.6) is 0 Å².